The van der Waals surface area contributed by atoms with Gasteiger partial charge in [0.2, 0.25) is 0 Å². The van der Waals surface area contributed by atoms with Gasteiger partial charge in [0.15, 0.2) is 0 Å². The van der Waals surface area contributed by atoms with Crippen LogP contribution in [-0.4, -0.2) is 0 Å². The number of rotatable bonds is 5. The molecular formula is C78H54O2. The fraction of sp³-hybridized carbons (Fsp3) is 0.0769. The van der Waals surface area contributed by atoms with E-state index in [4.69, 9.17) is 9.47 Å². The third-order valence-electron chi connectivity index (χ3n) is 18.0. The SMILES string of the molecule is CC1(C)c2ccccc2Oc2c(-c3cccc4c(-c5c6cccc(-c7cccc8ccccc78)c6cc6c(-c7cccc8ccccc78)cccc56)c5cccc(-c6cccc7c6Oc6ccccc6C7(C)C)c5cc34)cccc21. The Labute approximate surface area is 465 Å². The third kappa shape index (κ3) is 6.72. The molecule has 0 bridgehead atoms. The Kier molecular flexibility index (Phi) is 10.1. The second-order valence-electron chi connectivity index (χ2n) is 23.0. The van der Waals surface area contributed by atoms with Gasteiger partial charge in [0.05, 0.1) is 0 Å². The van der Waals surface area contributed by atoms with Crippen molar-refractivity contribution in [3.8, 4) is 78.6 Å². The highest BCUT2D eigenvalue weighted by atomic mass is 16.5. The van der Waals surface area contributed by atoms with Gasteiger partial charge in [-0.25, -0.2) is 0 Å². The zero-order valence-electron chi connectivity index (χ0n) is 45.1. The second kappa shape index (κ2) is 17.4. The lowest BCUT2D eigenvalue weighted by atomic mass is 9.74. The Morgan fingerprint density at radius 2 is 0.487 bits per heavy atom. The molecule has 0 N–H and O–H groups in total. The Bertz CT molecular complexity index is 4640. The summed E-state index contributed by atoms with van der Waals surface area (Å²) in [5, 5.41) is 14.3. The fourth-order valence-corrected chi connectivity index (χ4v) is 14.1. The van der Waals surface area contributed by atoms with Gasteiger partial charge in [0, 0.05) is 44.2 Å². The van der Waals surface area contributed by atoms with Crippen molar-refractivity contribution < 1.29 is 9.47 Å². The van der Waals surface area contributed by atoms with Gasteiger partial charge in [-0.05, 0) is 133 Å². The largest absolute Gasteiger partial charge is 0.456 e. The molecular weight excluding hydrogens is 969 g/mol. The molecule has 0 spiro atoms. The molecule has 0 amide bonds. The summed E-state index contributed by atoms with van der Waals surface area (Å²) in [5.74, 6) is 3.60. The molecule has 0 fully saturated rings. The van der Waals surface area contributed by atoms with Crippen LogP contribution in [0.15, 0.2) is 255 Å². The minimum absolute atomic E-state index is 0.292. The first-order valence-corrected chi connectivity index (χ1v) is 28.0. The summed E-state index contributed by atoms with van der Waals surface area (Å²) in [4.78, 5) is 0. The molecule has 2 aliphatic rings. The van der Waals surface area contributed by atoms with Gasteiger partial charge >= 0.3 is 0 Å². The number of ether oxygens (including phenoxy) is 2. The first-order valence-electron chi connectivity index (χ1n) is 28.0. The van der Waals surface area contributed by atoms with Gasteiger partial charge in [-0.3, -0.25) is 0 Å². The van der Waals surface area contributed by atoms with Crippen LogP contribution < -0.4 is 9.47 Å². The zero-order valence-corrected chi connectivity index (χ0v) is 45.1. The molecule has 14 aromatic rings. The van der Waals surface area contributed by atoms with E-state index in [1.165, 1.54) is 109 Å². The molecule has 2 heteroatoms. The van der Waals surface area contributed by atoms with Crippen LogP contribution >= 0.6 is 0 Å². The van der Waals surface area contributed by atoms with E-state index >= 15 is 0 Å². The number of hydrogen-bond acceptors (Lipinski definition) is 2. The van der Waals surface area contributed by atoms with E-state index in [9.17, 15) is 0 Å². The smallest absolute Gasteiger partial charge is 0.139 e. The average molecular weight is 1020 g/mol. The standard InChI is InChI=1S/C78H54O2/c1-77(2)67-39-9-11-43-71(67)79-75-61(37-19-41-69(75)77)55-31-17-35-59-65(55)46-66-56(62-38-20-42-70-76(62)80-72-44-12-10-40-68(72)78(70,3)4)32-18-36-60(66)74(59)73-57-33-15-29-53(51-27-13-23-47-21-5-7-25-49(47)51)63(57)45-64-54(30-16-34-58(64)73)52-28-14-24-48-22-6-8-26-50(48)52/h5-46H,1-4H3. The van der Waals surface area contributed by atoms with Crippen molar-refractivity contribution in [2.75, 3.05) is 0 Å². The summed E-state index contributed by atoms with van der Waals surface area (Å²) >= 11 is 0. The summed E-state index contributed by atoms with van der Waals surface area (Å²) in [6.45, 7) is 9.30. The van der Waals surface area contributed by atoms with E-state index in [-0.39, 0.29) is 10.8 Å². The van der Waals surface area contributed by atoms with Crippen LogP contribution in [-0.2, 0) is 10.8 Å². The van der Waals surface area contributed by atoms with Gasteiger partial charge in [0.25, 0.3) is 0 Å². The molecule has 16 rings (SSSR count). The number of hydrogen-bond donors (Lipinski definition) is 0. The van der Waals surface area contributed by atoms with Crippen molar-refractivity contribution in [2.24, 2.45) is 0 Å². The molecule has 0 unspecified atom stereocenters. The lowest BCUT2D eigenvalue weighted by Gasteiger charge is -2.35. The Hall–Kier alpha value is -9.76. The molecule has 80 heavy (non-hydrogen) atoms. The maximum absolute atomic E-state index is 7.12. The van der Waals surface area contributed by atoms with Crippen LogP contribution in [0.1, 0.15) is 49.9 Å². The molecule has 2 heterocycles. The Balaban J connectivity index is 1.07. The fourth-order valence-electron chi connectivity index (χ4n) is 14.1. The second-order valence-corrected chi connectivity index (χ2v) is 23.0. The minimum atomic E-state index is -0.292. The van der Waals surface area contributed by atoms with Crippen molar-refractivity contribution in [2.45, 2.75) is 38.5 Å². The van der Waals surface area contributed by atoms with Crippen LogP contribution in [0, 0.1) is 0 Å². The normalized spacial score (nSPS) is 13.9. The van der Waals surface area contributed by atoms with Crippen LogP contribution in [0.3, 0.4) is 0 Å². The highest BCUT2D eigenvalue weighted by Gasteiger charge is 2.37. The summed E-state index contributed by atoms with van der Waals surface area (Å²) in [6.07, 6.45) is 0. The summed E-state index contributed by atoms with van der Waals surface area (Å²) in [7, 11) is 0. The molecule has 0 aliphatic carbocycles. The van der Waals surface area contributed by atoms with Gasteiger partial charge in [-0.1, -0.05) is 258 Å². The highest BCUT2D eigenvalue weighted by Crippen LogP contribution is 2.56. The number of benzene rings is 14. The summed E-state index contributed by atoms with van der Waals surface area (Å²) in [6, 6.07) is 94.3. The molecule has 378 valence electrons. The van der Waals surface area contributed by atoms with E-state index < -0.39 is 0 Å². The highest BCUT2D eigenvalue weighted by molar-refractivity contribution is 6.29. The van der Waals surface area contributed by atoms with Crippen molar-refractivity contribution in [1.82, 2.24) is 0 Å². The molecule has 14 aromatic carbocycles. The molecule has 2 aliphatic heterocycles. The zero-order chi connectivity index (χ0) is 53.4. The first kappa shape index (κ1) is 46.3. The van der Waals surface area contributed by atoms with Crippen molar-refractivity contribution in [3.05, 3.63) is 277 Å². The van der Waals surface area contributed by atoms with Crippen molar-refractivity contribution in [1.29, 1.82) is 0 Å². The monoisotopic (exact) mass is 1020 g/mol. The van der Waals surface area contributed by atoms with Crippen LogP contribution in [0.25, 0.3) is 120 Å². The maximum atomic E-state index is 7.12. The predicted molar refractivity (Wildman–Crippen MR) is 336 cm³/mol. The summed E-state index contributed by atoms with van der Waals surface area (Å²) < 4.78 is 14.2. The number of fused-ring (bicyclic) bond motifs is 10. The van der Waals surface area contributed by atoms with Gasteiger partial charge < -0.3 is 9.47 Å². The summed E-state index contributed by atoms with van der Waals surface area (Å²) in [5.41, 5.74) is 15.7. The van der Waals surface area contributed by atoms with E-state index in [1.807, 2.05) is 0 Å². The third-order valence-corrected chi connectivity index (χ3v) is 18.0. The molecule has 0 saturated carbocycles. The Morgan fingerprint density at radius 1 is 0.225 bits per heavy atom. The van der Waals surface area contributed by atoms with Crippen molar-refractivity contribution in [3.63, 3.8) is 0 Å². The predicted octanol–water partition coefficient (Wildman–Crippen LogP) is 21.8. The van der Waals surface area contributed by atoms with Gasteiger partial charge in [0.1, 0.15) is 23.0 Å². The molecule has 0 aromatic heterocycles. The lowest BCUT2D eigenvalue weighted by Crippen LogP contribution is -2.24. The van der Waals surface area contributed by atoms with Crippen LogP contribution in [0.2, 0.25) is 0 Å². The van der Waals surface area contributed by atoms with E-state index in [0.29, 0.717) is 0 Å². The van der Waals surface area contributed by atoms with E-state index in [0.717, 1.165) is 56.0 Å². The van der Waals surface area contributed by atoms with Gasteiger partial charge in [-0.15, -0.1) is 0 Å². The molecule has 0 radical (unpaired) electrons. The van der Waals surface area contributed by atoms with Gasteiger partial charge in [-0.2, -0.15) is 0 Å². The minimum Gasteiger partial charge on any atom is -0.456 e. The molecule has 0 atom stereocenters. The average Bonchev–Trinajstić information content (AvgIpc) is 3.63. The van der Waals surface area contributed by atoms with Crippen molar-refractivity contribution >= 4 is 64.6 Å². The first-order chi connectivity index (χ1) is 39.2. The molecule has 2 nitrogen and oxygen atoms in total. The number of para-hydroxylation sites is 4. The topological polar surface area (TPSA) is 18.5 Å². The van der Waals surface area contributed by atoms with E-state index in [1.54, 1.807) is 0 Å². The maximum Gasteiger partial charge on any atom is 0.139 e. The molecule has 0 saturated heterocycles. The lowest BCUT2D eigenvalue weighted by molar-refractivity contribution is 0.419. The van der Waals surface area contributed by atoms with E-state index in [2.05, 4.69) is 282 Å². The van der Waals surface area contributed by atoms with Crippen LogP contribution in [0.5, 0.6) is 23.0 Å². The Morgan fingerprint density at radius 3 is 0.887 bits per heavy atom. The quantitative estimate of drug-likeness (QED) is 0.160. The van der Waals surface area contributed by atoms with Crippen LogP contribution in [0.4, 0.5) is 0 Å².